The van der Waals surface area contributed by atoms with Crippen LogP contribution in [0, 0.1) is 0 Å². The zero-order valence-corrected chi connectivity index (χ0v) is 20.8. The molecule has 0 atom stereocenters. The quantitative estimate of drug-likeness (QED) is 0.297. The Morgan fingerprint density at radius 1 is 0.514 bits per heavy atom. The summed E-state index contributed by atoms with van der Waals surface area (Å²) in [4.78, 5) is 4.83. The summed E-state index contributed by atoms with van der Waals surface area (Å²) in [6, 6.07) is 27.3. The van der Waals surface area contributed by atoms with Crippen LogP contribution in [-0.2, 0) is 9.47 Å². The molecule has 6 heteroatoms. The molecule has 0 amide bonds. The van der Waals surface area contributed by atoms with Gasteiger partial charge in [-0.25, -0.2) is 0 Å². The number of ether oxygens (including phenoxy) is 2. The monoisotopic (exact) mass is 494 g/mol. The first kappa shape index (κ1) is 22.5. The van der Waals surface area contributed by atoms with Crippen LogP contribution in [0.4, 0.5) is 11.4 Å². The molecule has 0 bridgehead atoms. The smallest absolute Gasteiger partial charge is 0.143 e. The van der Waals surface area contributed by atoms with Crippen molar-refractivity contribution in [1.82, 2.24) is 0 Å². The predicted molar refractivity (Wildman–Crippen MR) is 146 cm³/mol. The minimum Gasteiger partial charge on any atom is -0.458 e. The third-order valence-electron chi connectivity index (χ3n) is 7.50. The molecular weight excluding hydrogens is 464 g/mol. The van der Waals surface area contributed by atoms with Gasteiger partial charge in [0, 0.05) is 37.0 Å². The van der Waals surface area contributed by atoms with Gasteiger partial charge in [-0.05, 0) is 29.8 Å². The van der Waals surface area contributed by atoms with Crippen LogP contribution in [-0.4, -0.2) is 52.6 Å². The number of para-hydroxylation sites is 2. The summed E-state index contributed by atoms with van der Waals surface area (Å²) in [6.07, 6.45) is 0. The average Bonchev–Trinajstić information content (AvgIpc) is 3.53. The summed E-state index contributed by atoms with van der Waals surface area (Å²) in [7, 11) is 0. The van der Waals surface area contributed by atoms with E-state index in [2.05, 4.69) is 76.5 Å². The van der Waals surface area contributed by atoms with E-state index in [1.54, 1.807) is 0 Å². The molecule has 2 aromatic heterocycles. The Balaban J connectivity index is 1.50. The van der Waals surface area contributed by atoms with E-state index in [1.807, 2.05) is 12.1 Å². The lowest BCUT2D eigenvalue weighted by molar-refractivity contribution is 0.122. The number of rotatable bonds is 5. The molecule has 0 aliphatic carbocycles. The van der Waals surface area contributed by atoms with E-state index in [0.717, 1.165) is 76.6 Å². The fourth-order valence-electron chi connectivity index (χ4n) is 5.79. The van der Waals surface area contributed by atoms with Crippen molar-refractivity contribution < 1.29 is 18.3 Å². The van der Waals surface area contributed by atoms with E-state index in [1.165, 1.54) is 0 Å². The van der Waals surface area contributed by atoms with Crippen molar-refractivity contribution >= 4 is 33.3 Å². The molecule has 37 heavy (non-hydrogen) atoms. The lowest BCUT2D eigenvalue weighted by atomic mass is 9.90. The fourth-order valence-corrected chi connectivity index (χ4v) is 5.79. The highest BCUT2D eigenvalue weighted by Crippen LogP contribution is 2.48. The van der Waals surface area contributed by atoms with Crippen LogP contribution >= 0.6 is 0 Å². The molecule has 6 nitrogen and oxygen atoms in total. The van der Waals surface area contributed by atoms with Gasteiger partial charge in [0.25, 0.3) is 0 Å². The minimum atomic E-state index is -0.211. The van der Waals surface area contributed by atoms with Crippen molar-refractivity contribution in [2.45, 2.75) is 5.92 Å². The van der Waals surface area contributed by atoms with Gasteiger partial charge >= 0.3 is 0 Å². The molecule has 3 aromatic carbocycles. The van der Waals surface area contributed by atoms with Gasteiger partial charge in [-0.3, -0.25) is 0 Å². The first-order valence-electron chi connectivity index (χ1n) is 13.1. The van der Waals surface area contributed by atoms with Gasteiger partial charge in [0.15, 0.2) is 0 Å². The second-order valence-corrected chi connectivity index (χ2v) is 9.66. The number of hydrogen-bond donors (Lipinski definition) is 0. The van der Waals surface area contributed by atoms with Gasteiger partial charge < -0.3 is 28.1 Å². The van der Waals surface area contributed by atoms with Crippen molar-refractivity contribution in [2.24, 2.45) is 0 Å². The highest BCUT2D eigenvalue weighted by Gasteiger charge is 2.35. The van der Waals surface area contributed by atoms with Crippen molar-refractivity contribution in [1.29, 1.82) is 0 Å². The van der Waals surface area contributed by atoms with E-state index >= 15 is 0 Å². The van der Waals surface area contributed by atoms with Crippen LogP contribution in [0.15, 0.2) is 87.7 Å². The van der Waals surface area contributed by atoms with Crippen LogP contribution in [0.2, 0.25) is 0 Å². The van der Waals surface area contributed by atoms with Crippen LogP contribution in [0.5, 0.6) is 0 Å². The Morgan fingerprint density at radius 3 is 1.43 bits per heavy atom. The van der Waals surface area contributed by atoms with Gasteiger partial charge in [0.05, 0.1) is 37.8 Å². The van der Waals surface area contributed by atoms with Crippen molar-refractivity contribution in [2.75, 3.05) is 62.4 Å². The Hall–Kier alpha value is -3.74. The molecule has 2 saturated heterocycles. The topological polar surface area (TPSA) is 51.2 Å². The normalized spacial score (nSPS) is 16.8. The Labute approximate surface area is 216 Å². The zero-order chi connectivity index (χ0) is 24.6. The number of benzene rings is 3. The standard InChI is InChI=1S/C31H30N2O4/c1-2-8-22(9-3-1)27(30-28(32-14-18-34-19-15-32)23-10-4-6-12-25(23)36-30)31-29(33-16-20-35-21-17-33)24-11-5-7-13-26(24)37-31/h1-13,27H,14-21H2. The number of hydrogen-bond acceptors (Lipinski definition) is 6. The summed E-state index contributed by atoms with van der Waals surface area (Å²) in [6.45, 7) is 6.14. The van der Waals surface area contributed by atoms with Gasteiger partial charge in [-0.1, -0.05) is 54.6 Å². The van der Waals surface area contributed by atoms with E-state index < -0.39 is 0 Å². The molecule has 0 unspecified atom stereocenters. The van der Waals surface area contributed by atoms with Crippen molar-refractivity contribution in [3.05, 3.63) is 95.9 Å². The largest absolute Gasteiger partial charge is 0.458 e. The highest BCUT2D eigenvalue weighted by atomic mass is 16.5. The number of nitrogens with zero attached hydrogens (tertiary/aromatic N) is 2. The SMILES string of the molecule is c1ccc(C(c2oc3ccccc3c2N2CCOCC2)c2oc3ccccc3c2N2CCOCC2)cc1. The van der Waals surface area contributed by atoms with E-state index in [9.17, 15) is 0 Å². The van der Waals surface area contributed by atoms with Gasteiger partial charge in [0.1, 0.15) is 28.6 Å². The first-order valence-corrected chi connectivity index (χ1v) is 13.1. The Kier molecular flexibility index (Phi) is 5.84. The lowest BCUT2D eigenvalue weighted by Crippen LogP contribution is -2.37. The zero-order valence-electron chi connectivity index (χ0n) is 20.8. The number of anilines is 2. The molecule has 0 spiro atoms. The summed E-state index contributed by atoms with van der Waals surface area (Å²) in [5, 5.41) is 2.26. The highest BCUT2D eigenvalue weighted by molar-refractivity contribution is 5.96. The second-order valence-electron chi connectivity index (χ2n) is 9.66. The van der Waals surface area contributed by atoms with Gasteiger partial charge in [0.2, 0.25) is 0 Å². The van der Waals surface area contributed by atoms with Gasteiger partial charge in [-0.15, -0.1) is 0 Å². The van der Waals surface area contributed by atoms with Crippen LogP contribution < -0.4 is 9.80 Å². The maximum absolute atomic E-state index is 6.78. The number of fused-ring (bicyclic) bond motifs is 2. The predicted octanol–water partition coefficient (Wildman–Crippen LogP) is 6.03. The lowest BCUT2D eigenvalue weighted by Gasteiger charge is -2.32. The van der Waals surface area contributed by atoms with Crippen LogP contribution in [0.1, 0.15) is 23.0 Å². The Bertz CT molecular complexity index is 1410. The summed E-state index contributed by atoms with van der Waals surface area (Å²) >= 11 is 0. The molecular formula is C31H30N2O4. The maximum atomic E-state index is 6.78. The van der Waals surface area contributed by atoms with E-state index in [0.29, 0.717) is 26.4 Å². The Morgan fingerprint density at radius 2 is 0.946 bits per heavy atom. The summed E-state index contributed by atoms with van der Waals surface area (Å²) in [5.74, 6) is 1.63. The molecule has 7 rings (SSSR count). The van der Waals surface area contributed by atoms with Crippen LogP contribution in [0.3, 0.4) is 0 Å². The molecule has 0 radical (unpaired) electrons. The van der Waals surface area contributed by atoms with E-state index in [4.69, 9.17) is 18.3 Å². The minimum absolute atomic E-state index is 0.211. The molecule has 2 fully saturated rings. The molecule has 188 valence electrons. The van der Waals surface area contributed by atoms with Gasteiger partial charge in [-0.2, -0.15) is 0 Å². The maximum Gasteiger partial charge on any atom is 0.143 e. The summed E-state index contributed by atoms with van der Waals surface area (Å²) < 4.78 is 25.0. The molecule has 2 aliphatic rings. The van der Waals surface area contributed by atoms with Crippen molar-refractivity contribution in [3.63, 3.8) is 0 Å². The third-order valence-corrected chi connectivity index (χ3v) is 7.50. The molecule has 0 saturated carbocycles. The fraction of sp³-hybridized carbons (Fsp3) is 0.290. The third kappa shape index (κ3) is 3.97. The molecule has 2 aliphatic heterocycles. The number of morpholine rings is 2. The number of furan rings is 2. The molecule has 0 N–H and O–H groups in total. The average molecular weight is 495 g/mol. The van der Waals surface area contributed by atoms with E-state index in [-0.39, 0.29) is 5.92 Å². The summed E-state index contributed by atoms with van der Waals surface area (Å²) in [5.41, 5.74) is 5.21. The van der Waals surface area contributed by atoms with Crippen LogP contribution in [0.25, 0.3) is 21.9 Å². The molecule has 4 heterocycles. The van der Waals surface area contributed by atoms with Crippen molar-refractivity contribution in [3.8, 4) is 0 Å². The first-order chi connectivity index (χ1) is 18.4. The molecule has 5 aromatic rings. The second kappa shape index (κ2) is 9.61.